The molecule has 1 aliphatic carbocycles. The van der Waals surface area contributed by atoms with Crippen LogP contribution in [0.3, 0.4) is 0 Å². The third kappa shape index (κ3) is 6.06. The van der Waals surface area contributed by atoms with E-state index in [4.69, 9.17) is 0 Å². The summed E-state index contributed by atoms with van der Waals surface area (Å²) in [5.41, 5.74) is 1.81. The number of nitrogens with one attached hydrogen (secondary N) is 2. The lowest BCUT2D eigenvalue weighted by atomic mass is 9.73. The number of piperidine rings is 1. The summed E-state index contributed by atoms with van der Waals surface area (Å²) in [6, 6.07) is 15.3. The largest absolute Gasteiger partial charge is 0.405 e. The molecule has 2 aliphatic rings. The summed E-state index contributed by atoms with van der Waals surface area (Å²) in [7, 11) is 0. The van der Waals surface area contributed by atoms with Gasteiger partial charge in [-0.1, -0.05) is 75.7 Å². The van der Waals surface area contributed by atoms with Crippen LogP contribution in [0.15, 0.2) is 48.5 Å². The first-order valence-electron chi connectivity index (χ1n) is 13.5. The summed E-state index contributed by atoms with van der Waals surface area (Å²) >= 11 is 0. The average Bonchev–Trinajstić information content (AvgIpc) is 3.16. The molecule has 2 N–H and O–H groups in total. The van der Waals surface area contributed by atoms with Crippen molar-refractivity contribution in [1.29, 1.82) is 0 Å². The minimum atomic E-state index is -4.48. The second-order valence-corrected chi connectivity index (χ2v) is 11.6. The Balaban J connectivity index is 1.42. The molecule has 5 nitrogen and oxygen atoms in total. The summed E-state index contributed by atoms with van der Waals surface area (Å²) in [4.78, 5) is 28.2. The fourth-order valence-corrected chi connectivity index (χ4v) is 5.71. The number of unbranched alkanes of at least 4 members (excludes halogenated alkanes) is 1. The number of carbonyl (C=O) groups is 2. The van der Waals surface area contributed by atoms with Crippen LogP contribution < -0.4 is 10.6 Å². The molecular formula is C30H38F3N3O2. The van der Waals surface area contributed by atoms with Gasteiger partial charge in [0.05, 0.1) is 0 Å². The Kier molecular flexibility index (Phi) is 8.21. The second-order valence-electron chi connectivity index (χ2n) is 11.6. The minimum absolute atomic E-state index is 0.0715. The molecule has 0 bridgehead atoms. The Morgan fingerprint density at radius 3 is 2.00 bits per heavy atom. The number of rotatable bonds is 8. The van der Waals surface area contributed by atoms with E-state index in [2.05, 4.69) is 15.5 Å². The number of amides is 2. The fourth-order valence-electron chi connectivity index (χ4n) is 5.71. The molecule has 2 aromatic rings. The van der Waals surface area contributed by atoms with Gasteiger partial charge < -0.3 is 15.5 Å². The zero-order valence-electron chi connectivity index (χ0n) is 22.5. The number of likely N-dealkylation sites (tertiary alicyclic amines) is 1. The predicted octanol–water partition coefficient (Wildman–Crippen LogP) is 5.43. The van der Waals surface area contributed by atoms with Crippen LogP contribution in [0.4, 0.5) is 13.2 Å². The summed E-state index contributed by atoms with van der Waals surface area (Å²) in [5.74, 6) is -0.523. The van der Waals surface area contributed by atoms with Crippen LogP contribution >= 0.6 is 0 Å². The second kappa shape index (κ2) is 11.1. The van der Waals surface area contributed by atoms with Crippen molar-refractivity contribution in [2.24, 2.45) is 5.41 Å². The van der Waals surface area contributed by atoms with E-state index in [9.17, 15) is 22.8 Å². The smallest absolute Gasteiger partial charge is 0.353 e. The Morgan fingerprint density at radius 2 is 1.47 bits per heavy atom. The molecule has 0 radical (unpaired) electrons. The molecule has 38 heavy (non-hydrogen) atoms. The molecule has 8 heteroatoms. The van der Waals surface area contributed by atoms with Crippen LogP contribution in [-0.4, -0.2) is 55.1 Å². The summed E-state index contributed by atoms with van der Waals surface area (Å²) in [6.45, 7) is 7.01. The molecule has 2 aromatic carbocycles. The molecular weight excluding hydrogens is 491 g/mol. The molecule has 0 spiro atoms. The van der Waals surface area contributed by atoms with Crippen LogP contribution in [0.5, 0.6) is 0 Å². The maximum Gasteiger partial charge on any atom is 0.405 e. The fraction of sp³-hybridized carbons (Fsp3) is 0.533. The van der Waals surface area contributed by atoms with Crippen molar-refractivity contribution in [1.82, 2.24) is 15.5 Å². The topological polar surface area (TPSA) is 61.4 Å². The summed E-state index contributed by atoms with van der Waals surface area (Å²) in [5, 5.41) is 5.35. The number of halogens is 3. The minimum Gasteiger partial charge on any atom is -0.353 e. The Bertz CT molecular complexity index is 1100. The van der Waals surface area contributed by atoms with Crippen molar-refractivity contribution < 1.29 is 22.8 Å². The lowest BCUT2D eigenvalue weighted by Gasteiger charge is -2.34. The van der Waals surface area contributed by atoms with E-state index in [-0.39, 0.29) is 11.9 Å². The number of nitrogens with zero attached hydrogens (tertiary/aromatic N) is 1. The maximum absolute atomic E-state index is 13.6. The zero-order chi connectivity index (χ0) is 27.6. The molecule has 1 fully saturated rings. The highest BCUT2D eigenvalue weighted by Gasteiger charge is 2.49. The van der Waals surface area contributed by atoms with Gasteiger partial charge in [-0.3, -0.25) is 9.59 Å². The standard InChI is InChI=1S/C30H38F3N3O2/c1-28(2,3)26(37)35-21-14-18-36(19-15-21)17-9-8-16-29(27(38)34-20-30(31,32)33)24-12-6-4-10-22(24)23-11-5-7-13-25(23)29/h4-7,10-13,21H,8-9,14-20H2,1-3H3,(H,34,38)(H,35,37). The summed E-state index contributed by atoms with van der Waals surface area (Å²) in [6.07, 6.45) is -0.727. The van der Waals surface area contributed by atoms with Crippen molar-refractivity contribution in [3.05, 3.63) is 59.7 Å². The van der Waals surface area contributed by atoms with Gasteiger partial charge in [0.15, 0.2) is 0 Å². The van der Waals surface area contributed by atoms with Crippen molar-refractivity contribution in [2.45, 2.75) is 70.5 Å². The maximum atomic E-state index is 13.6. The van der Waals surface area contributed by atoms with Crippen LogP contribution in [0, 0.1) is 5.41 Å². The highest BCUT2D eigenvalue weighted by atomic mass is 19.4. The van der Waals surface area contributed by atoms with Gasteiger partial charge in [-0.2, -0.15) is 13.2 Å². The molecule has 1 saturated heterocycles. The van der Waals surface area contributed by atoms with Crippen molar-refractivity contribution in [2.75, 3.05) is 26.2 Å². The number of alkyl halides is 3. The van der Waals surface area contributed by atoms with E-state index in [0.29, 0.717) is 12.8 Å². The highest BCUT2D eigenvalue weighted by molar-refractivity contribution is 6.00. The number of fused-ring (bicyclic) bond motifs is 3. The number of carbonyl (C=O) groups excluding carboxylic acids is 2. The Hall–Kier alpha value is -2.87. The monoisotopic (exact) mass is 529 g/mol. The molecule has 0 aromatic heterocycles. The van der Waals surface area contributed by atoms with Crippen molar-refractivity contribution >= 4 is 11.8 Å². The van der Waals surface area contributed by atoms with E-state index in [1.165, 1.54) is 0 Å². The summed E-state index contributed by atoms with van der Waals surface area (Å²) < 4.78 is 39.1. The number of hydrogen-bond donors (Lipinski definition) is 2. The van der Waals surface area contributed by atoms with Gasteiger partial charge in [0, 0.05) is 24.5 Å². The van der Waals surface area contributed by atoms with E-state index in [0.717, 1.165) is 61.2 Å². The van der Waals surface area contributed by atoms with E-state index >= 15 is 0 Å². The zero-order valence-corrected chi connectivity index (χ0v) is 22.5. The van der Waals surface area contributed by atoms with E-state index in [1.54, 1.807) is 0 Å². The van der Waals surface area contributed by atoms with Crippen LogP contribution in [-0.2, 0) is 15.0 Å². The molecule has 0 saturated carbocycles. The molecule has 1 aliphatic heterocycles. The SMILES string of the molecule is CC(C)(C)C(=O)NC1CCN(CCCCC2(C(=O)NCC(F)(F)F)c3ccccc3-c3ccccc32)CC1. The van der Waals surface area contributed by atoms with E-state index < -0.39 is 29.5 Å². The van der Waals surface area contributed by atoms with E-state index in [1.807, 2.05) is 69.3 Å². The first kappa shape index (κ1) is 28.1. The van der Waals surface area contributed by atoms with Crippen LogP contribution in [0.1, 0.15) is 64.0 Å². The average molecular weight is 530 g/mol. The van der Waals surface area contributed by atoms with Gasteiger partial charge in [0.1, 0.15) is 12.0 Å². The molecule has 206 valence electrons. The van der Waals surface area contributed by atoms with Gasteiger partial charge in [-0.15, -0.1) is 0 Å². The molecule has 0 atom stereocenters. The predicted molar refractivity (Wildman–Crippen MR) is 143 cm³/mol. The van der Waals surface area contributed by atoms with Crippen LogP contribution in [0.2, 0.25) is 0 Å². The van der Waals surface area contributed by atoms with Crippen LogP contribution in [0.25, 0.3) is 11.1 Å². The third-order valence-corrected chi connectivity index (χ3v) is 7.78. The lowest BCUT2D eigenvalue weighted by Crippen LogP contribution is -2.48. The highest BCUT2D eigenvalue weighted by Crippen LogP contribution is 2.51. The molecule has 2 amide bonds. The first-order valence-corrected chi connectivity index (χ1v) is 13.5. The number of hydrogen-bond acceptors (Lipinski definition) is 3. The van der Waals surface area contributed by atoms with Gasteiger partial charge in [-0.25, -0.2) is 0 Å². The quantitative estimate of drug-likeness (QED) is 0.449. The Morgan fingerprint density at radius 1 is 0.921 bits per heavy atom. The lowest BCUT2D eigenvalue weighted by molar-refractivity contribution is -0.141. The van der Waals surface area contributed by atoms with Gasteiger partial charge >= 0.3 is 6.18 Å². The van der Waals surface area contributed by atoms with Gasteiger partial charge in [0.25, 0.3) is 0 Å². The van der Waals surface area contributed by atoms with Gasteiger partial charge in [0.2, 0.25) is 11.8 Å². The normalized spacial score (nSPS) is 17.5. The molecule has 0 unspecified atom stereocenters. The van der Waals surface area contributed by atoms with Crippen molar-refractivity contribution in [3.8, 4) is 11.1 Å². The van der Waals surface area contributed by atoms with Gasteiger partial charge in [-0.05, 0) is 54.5 Å². The Labute approximate surface area is 223 Å². The first-order chi connectivity index (χ1) is 17.9. The molecule has 1 heterocycles. The van der Waals surface area contributed by atoms with Crippen molar-refractivity contribution in [3.63, 3.8) is 0 Å². The molecule has 4 rings (SSSR count). The number of benzene rings is 2. The third-order valence-electron chi connectivity index (χ3n) is 7.78.